The molecule has 0 fully saturated rings. The molecule has 158 valence electrons. The van der Waals surface area contributed by atoms with Crippen molar-refractivity contribution in [3.63, 3.8) is 0 Å². The predicted molar refractivity (Wildman–Crippen MR) is 109 cm³/mol. The first kappa shape index (κ1) is 20.9. The zero-order chi connectivity index (χ0) is 22.2. The molecule has 4 rings (SSSR count). The third kappa shape index (κ3) is 4.11. The van der Waals surface area contributed by atoms with Gasteiger partial charge in [0.05, 0.1) is 28.9 Å². The van der Waals surface area contributed by atoms with Gasteiger partial charge in [0.1, 0.15) is 5.69 Å². The van der Waals surface area contributed by atoms with Crippen LogP contribution in [-0.4, -0.2) is 27.7 Å². The number of rotatable bonds is 4. The average molecular weight is 446 g/mol. The molecule has 0 N–H and O–H groups in total. The van der Waals surface area contributed by atoms with Crippen LogP contribution in [0.2, 0.25) is 5.02 Å². The molecule has 5 nitrogen and oxygen atoms in total. The lowest BCUT2D eigenvalue weighted by molar-refractivity contribution is -0.137. The Bertz CT molecular complexity index is 1280. The Kier molecular flexibility index (Phi) is 5.41. The molecule has 3 aromatic heterocycles. The van der Waals surface area contributed by atoms with E-state index >= 15 is 0 Å². The highest BCUT2D eigenvalue weighted by Crippen LogP contribution is 2.39. The zero-order valence-corrected chi connectivity index (χ0v) is 16.9. The number of carbonyl (C=O) groups excluding carboxylic acids is 1. The van der Waals surface area contributed by atoms with E-state index in [1.54, 1.807) is 24.3 Å². The van der Waals surface area contributed by atoms with E-state index in [0.717, 1.165) is 6.07 Å². The smallest absolute Gasteiger partial charge is 0.417 e. The molecule has 9 heteroatoms. The van der Waals surface area contributed by atoms with Crippen molar-refractivity contribution in [1.82, 2.24) is 14.6 Å². The van der Waals surface area contributed by atoms with E-state index in [-0.39, 0.29) is 23.4 Å². The minimum absolute atomic E-state index is 0.0473. The van der Waals surface area contributed by atoms with Gasteiger partial charge in [-0.25, -0.2) is 14.3 Å². The predicted octanol–water partition coefficient (Wildman–Crippen LogP) is 5.45. The Hall–Kier alpha value is -3.39. The highest BCUT2D eigenvalue weighted by atomic mass is 35.5. The molecule has 0 saturated carbocycles. The summed E-state index contributed by atoms with van der Waals surface area (Å²) in [4.78, 5) is 16.1. The van der Waals surface area contributed by atoms with Gasteiger partial charge < -0.3 is 4.74 Å². The molecule has 0 unspecified atom stereocenters. The Morgan fingerprint density at radius 2 is 1.87 bits per heavy atom. The van der Waals surface area contributed by atoms with Gasteiger partial charge in [0, 0.05) is 29.4 Å². The topological polar surface area (TPSA) is 56.5 Å². The van der Waals surface area contributed by atoms with E-state index < -0.39 is 17.7 Å². The lowest BCUT2D eigenvalue weighted by Gasteiger charge is -2.12. The monoisotopic (exact) mass is 445 g/mol. The van der Waals surface area contributed by atoms with Crippen molar-refractivity contribution < 1.29 is 22.7 Å². The number of methoxy groups -OCH3 is 1. The standard InChI is InChI=1S/C22H15ClF3N3O2/c1-31-21(30)18-8-4-5-14(27-18)11-16-19-10-9-13(23)12-29(19)28-20(16)15-6-2-3-7-17(15)22(24,25)26/h2-10,12H,11H2,1H3. The number of halogens is 4. The van der Waals surface area contributed by atoms with E-state index in [1.807, 2.05) is 0 Å². The summed E-state index contributed by atoms with van der Waals surface area (Å²) in [6.07, 6.45) is -2.87. The molecule has 0 radical (unpaired) electrons. The van der Waals surface area contributed by atoms with Gasteiger partial charge in [-0.3, -0.25) is 0 Å². The highest BCUT2D eigenvalue weighted by Gasteiger charge is 2.34. The zero-order valence-electron chi connectivity index (χ0n) is 16.2. The number of hydrogen-bond acceptors (Lipinski definition) is 4. The van der Waals surface area contributed by atoms with Crippen LogP contribution in [0.4, 0.5) is 13.2 Å². The van der Waals surface area contributed by atoms with Gasteiger partial charge in [-0.1, -0.05) is 35.9 Å². The maximum Gasteiger partial charge on any atom is 0.417 e. The first-order valence-corrected chi connectivity index (χ1v) is 9.53. The molecule has 0 amide bonds. The summed E-state index contributed by atoms with van der Waals surface area (Å²) in [7, 11) is 1.25. The summed E-state index contributed by atoms with van der Waals surface area (Å²) in [5, 5.41) is 4.79. The molecule has 1 aromatic carbocycles. The van der Waals surface area contributed by atoms with Gasteiger partial charge in [-0.2, -0.15) is 18.3 Å². The maximum absolute atomic E-state index is 13.7. The van der Waals surface area contributed by atoms with Crippen LogP contribution < -0.4 is 0 Å². The van der Waals surface area contributed by atoms with Gasteiger partial charge in [-0.05, 0) is 30.3 Å². The molecule has 0 bridgehead atoms. The molecule has 0 aliphatic carbocycles. The van der Waals surface area contributed by atoms with Crippen LogP contribution in [0.1, 0.15) is 27.3 Å². The number of nitrogens with zero attached hydrogens (tertiary/aromatic N) is 3. The van der Waals surface area contributed by atoms with Gasteiger partial charge >= 0.3 is 12.1 Å². The van der Waals surface area contributed by atoms with Crippen molar-refractivity contribution in [2.45, 2.75) is 12.6 Å². The number of fused-ring (bicyclic) bond motifs is 1. The molecule has 0 saturated heterocycles. The van der Waals surface area contributed by atoms with E-state index in [4.69, 9.17) is 16.3 Å². The molecule has 31 heavy (non-hydrogen) atoms. The minimum Gasteiger partial charge on any atom is -0.464 e. The summed E-state index contributed by atoms with van der Waals surface area (Å²) >= 11 is 6.06. The summed E-state index contributed by atoms with van der Waals surface area (Å²) in [6.45, 7) is 0. The summed E-state index contributed by atoms with van der Waals surface area (Å²) in [6, 6.07) is 13.4. The average Bonchev–Trinajstić information content (AvgIpc) is 3.10. The second-order valence-electron chi connectivity index (χ2n) is 6.73. The van der Waals surface area contributed by atoms with Crippen molar-refractivity contribution >= 4 is 23.1 Å². The Morgan fingerprint density at radius 3 is 2.61 bits per heavy atom. The molecule has 0 spiro atoms. The van der Waals surface area contributed by atoms with Crippen LogP contribution in [0, 0.1) is 0 Å². The first-order valence-electron chi connectivity index (χ1n) is 9.15. The first-order chi connectivity index (χ1) is 14.8. The van der Waals surface area contributed by atoms with Crippen LogP contribution in [0.3, 0.4) is 0 Å². The number of esters is 1. The number of ether oxygens (including phenoxy) is 1. The summed E-state index contributed by atoms with van der Waals surface area (Å²) in [5.41, 5.74) is 1.04. The maximum atomic E-state index is 13.7. The van der Waals surface area contributed by atoms with Crippen LogP contribution >= 0.6 is 11.6 Å². The number of benzene rings is 1. The number of alkyl halides is 3. The highest BCUT2D eigenvalue weighted by molar-refractivity contribution is 6.30. The van der Waals surface area contributed by atoms with Gasteiger partial charge in [-0.15, -0.1) is 0 Å². The van der Waals surface area contributed by atoms with Crippen LogP contribution in [-0.2, 0) is 17.3 Å². The summed E-state index contributed by atoms with van der Waals surface area (Å²) in [5.74, 6) is -0.601. The lowest BCUT2D eigenvalue weighted by Crippen LogP contribution is -2.08. The van der Waals surface area contributed by atoms with Crippen molar-refractivity contribution in [2.24, 2.45) is 0 Å². The third-order valence-electron chi connectivity index (χ3n) is 4.74. The van der Waals surface area contributed by atoms with Crippen molar-refractivity contribution in [3.05, 3.63) is 88.3 Å². The van der Waals surface area contributed by atoms with Gasteiger partial charge in [0.15, 0.2) is 0 Å². The number of carbonyl (C=O) groups is 1. The number of pyridine rings is 2. The van der Waals surface area contributed by atoms with E-state index in [2.05, 4.69) is 10.1 Å². The lowest BCUT2D eigenvalue weighted by atomic mass is 9.98. The van der Waals surface area contributed by atoms with Crippen LogP contribution in [0.15, 0.2) is 60.8 Å². The molecule has 0 aliphatic heterocycles. The Balaban J connectivity index is 1.91. The molecular formula is C22H15ClF3N3O2. The molecule has 0 atom stereocenters. The Morgan fingerprint density at radius 1 is 1.10 bits per heavy atom. The minimum atomic E-state index is -4.55. The molecular weight excluding hydrogens is 431 g/mol. The quantitative estimate of drug-likeness (QED) is 0.392. The summed E-state index contributed by atoms with van der Waals surface area (Å²) < 4.78 is 47.2. The van der Waals surface area contributed by atoms with E-state index in [9.17, 15) is 18.0 Å². The van der Waals surface area contributed by atoms with Crippen LogP contribution in [0.25, 0.3) is 16.8 Å². The third-order valence-corrected chi connectivity index (χ3v) is 4.97. The normalized spacial score (nSPS) is 11.6. The van der Waals surface area contributed by atoms with Crippen molar-refractivity contribution in [3.8, 4) is 11.3 Å². The molecule has 0 aliphatic rings. The molecule has 3 heterocycles. The van der Waals surface area contributed by atoms with Crippen molar-refractivity contribution in [1.29, 1.82) is 0 Å². The number of hydrogen-bond donors (Lipinski definition) is 0. The van der Waals surface area contributed by atoms with Gasteiger partial charge in [0.2, 0.25) is 0 Å². The Labute approximate surface area is 180 Å². The number of aromatic nitrogens is 3. The van der Waals surface area contributed by atoms with E-state index in [1.165, 1.54) is 42.1 Å². The SMILES string of the molecule is COC(=O)c1cccc(Cc2c(-c3ccccc3C(F)(F)F)nn3cc(Cl)ccc23)n1. The fraction of sp³-hybridized carbons (Fsp3) is 0.136. The van der Waals surface area contributed by atoms with Crippen molar-refractivity contribution in [2.75, 3.05) is 7.11 Å². The molecule has 4 aromatic rings. The second-order valence-corrected chi connectivity index (χ2v) is 7.17. The second kappa shape index (κ2) is 8.03. The largest absolute Gasteiger partial charge is 0.464 e. The van der Waals surface area contributed by atoms with E-state index in [0.29, 0.717) is 21.8 Å². The van der Waals surface area contributed by atoms with Crippen LogP contribution in [0.5, 0.6) is 0 Å². The fourth-order valence-corrected chi connectivity index (χ4v) is 3.54. The fourth-order valence-electron chi connectivity index (χ4n) is 3.38. The van der Waals surface area contributed by atoms with Gasteiger partial charge in [0.25, 0.3) is 0 Å².